The first-order valence-corrected chi connectivity index (χ1v) is 12.3. The van der Waals surface area contributed by atoms with Gasteiger partial charge in [-0.3, -0.25) is 4.99 Å². The zero-order chi connectivity index (χ0) is 18.0. The molecule has 0 amide bonds. The van der Waals surface area contributed by atoms with Gasteiger partial charge in [0, 0.05) is 25.2 Å². The molecule has 2 aliphatic carbocycles. The van der Waals surface area contributed by atoms with E-state index >= 15 is 0 Å². The van der Waals surface area contributed by atoms with Crippen molar-refractivity contribution in [1.29, 1.82) is 0 Å². The lowest BCUT2D eigenvalue weighted by Crippen LogP contribution is -2.52. The van der Waals surface area contributed by atoms with Crippen LogP contribution in [0.2, 0.25) is 0 Å². The average Bonchev–Trinajstić information content (AvgIpc) is 3.35. The number of hydrogen-bond donors (Lipinski definition) is 2. The summed E-state index contributed by atoms with van der Waals surface area (Å²) in [4.78, 5) is 4.77. The van der Waals surface area contributed by atoms with Crippen LogP contribution in [0, 0.1) is 5.92 Å². The highest BCUT2D eigenvalue weighted by molar-refractivity contribution is 14.0. The standard InChI is InChI=1S/C19H33N3O3S.HI/c23-26(24)11-7-15(14-26)13-20-18(21-16-4-5-16)22-17-6-10-25-19(12-17)8-2-1-3-9-19;/h15-17H,1-14H2,(H2,20,21,22);1H. The summed E-state index contributed by atoms with van der Waals surface area (Å²) >= 11 is 0. The number of rotatable bonds is 4. The van der Waals surface area contributed by atoms with E-state index in [1.54, 1.807) is 0 Å². The van der Waals surface area contributed by atoms with Crippen LogP contribution in [-0.4, -0.2) is 56.7 Å². The van der Waals surface area contributed by atoms with Crippen LogP contribution in [0.3, 0.4) is 0 Å². The van der Waals surface area contributed by atoms with E-state index in [9.17, 15) is 8.42 Å². The highest BCUT2D eigenvalue weighted by Crippen LogP contribution is 2.38. The Balaban J connectivity index is 0.00000210. The van der Waals surface area contributed by atoms with Crippen molar-refractivity contribution in [1.82, 2.24) is 10.6 Å². The monoisotopic (exact) mass is 511 g/mol. The summed E-state index contributed by atoms with van der Waals surface area (Å²) in [7, 11) is -2.83. The van der Waals surface area contributed by atoms with Gasteiger partial charge >= 0.3 is 0 Å². The Hall–Kier alpha value is -0.0900. The van der Waals surface area contributed by atoms with Crippen molar-refractivity contribution in [3.05, 3.63) is 0 Å². The third kappa shape index (κ3) is 6.19. The van der Waals surface area contributed by atoms with Crippen LogP contribution in [0.4, 0.5) is 0 Å². The second-order valence-electron chi connectivity index (χ2n) is 8.80. The van der Waals surface area contributed by atoms with Crippen molar-refractivity contribution in [3.8, 4) is 0 Å². The van der Waals surface area contributed by atoms with Gasteiger partial charge in [-0.25, -0.2) is 8.42 Å². The molecule has 2 unspecified atom stereocenters. The fourth-order valence-corrected chi connectivity index (χ4v) is 6.53. The first kappa shape index (κ1) is 21.6. The molecule has 2 aliphatic heterocycles. The van der Waals surface area contributed by atoms with Crippen molar-refractivity contribution < 1.29 is 13.2 Å². The Kier molecular flexibility index (Phi) is 7.33. The van der Waals surface area contributed by atoms with Gasteiger partial charge in [0.15, 0.2) is 15.8 Å². The van der Waals surface area contributed by atoms with Gasteiger partial charge < -0.3 is 15.4 Å². The van der Waals surface area contributed by atoms with Crippen LogP contribution >= 0.6 is 24.0 Å². The maximum absolute atomic E-state index is 11.7. The summed E-state index contributed by atoms with van der Waals surface area (Å²) in [6.07, 6.45) is 11.5. The van der Waals surface area contributed by atoms with Crippen molar-refractivity contribution in [2.45, 2.75) is 81.9 Å². The topological polar surface area (TPSA) is 79.8 Å². The summed E-state index contributed by atoms with van der Waals surface area (Å²) in [6, 6.07) is 0.941. The van der Waals surface area contributed by atoms with E-state index in [0.717, 1.165) is 31.8 Å². The second-order valence-corrected chi connectivity index (χ2v) is 11.0. The third-order valence-corrected chi connectivity index (χ3v) is 8.19. The number of halogens is 1. The molecule has 1 spiro atoms. The Bertz CT molecular complexity index is 625. The highest BCUT2D eigenvalue weighted by Gasteiger charge is 2.39. The number of ether oxygens (including phenoxy) is 1. The van der Waals surface area contributed by atoms with Gasteiger partial charge in [0.25, 0.3) is 0 Å². The molecule has 0 aromatic heterocycles. The first-order chi connectivity index (χ1) is 12.5. The van der Waals surface area contributed by atoms with Crippen molar-refractivity contribution in [2.24, 2.45) is 10.9 Å². The maximum atomic E-state index is 11.7. The van der Waals surface area contributed by atoms with Crippen LogP contribution in [0.15, 0.2) is 4.99 Å². The minimum atomic E-state index is -2.83. The fraction of sp³-hybridized carbons (Fsp3) is 0.947. The van der Waals surface area contributed by atoms with E-state index in [-0.39, 0.29) is 35.5 Å². The van der Waals surface area contributed by atoms with E-state index in [2.05, 4.69) is 10.6 Å². The zero-order valence-electron chi connectivity index (χ0n) is 16.1. The zero-order valence-corrected chi connectivity index (χ0v) is 19.3. The number of sulfone groups is 1. The summed E-state index contributed by atoms with van der Waals surface area (Å²) in [5.41, 5.74) is 0.0817. The predicted molar refractivity (Wildman–Crippen MR) is 119 cm³/mol. The Morgan fingerprint density at radius 1 is 1.04 bits per heavy atom. The smallest absolute Gasteiger partial charge is 0.191 e. The van der Waals surface area contributed by atoms with Gasteiger partial charge in [0.2, 0.25) is 0 Å². The first-order valence-electron chi connectivity index (χ1n) is 10.4. The molecule has 8 heteroatoms. The third-order valence-electron chi connectivity index (χ3n) is 6.35. The molecule has 27 heavy (non-hydrogen) atoms. The summed E-state index contributed by atoms with van der Waals surface area (Å²) in [5.74, 6) is 1.69. The minimum absolute atomic E-state index is 0. The van der Waals surface area contributed by atoms with E-state index in [1.807, 2.05) is 0 Å². The van der Waals surface area contributed by atoms with Crippen LogP contribution in [-0.2, 0) is 14.6 Å². The summed E-state index contributed by atoms with van der Waals surface area (Å²) in [5, 5.41) is 7.18. The molecule has 0 aromatic rings. The molecule has 2 atom stereocenters. The molecule has 0 radical (unpaired) electrons. The number of aliphatic imine (C=N–C) groups is 1. The number of nitrogens with one attached hydrogen (secondary N) is 2. The van der Waals surface area contributed by atoms with Gasteiger partial charge in [-0.05, 0) is 50.9 Å². The quantitative estimate of drug-likeness (QED) is 0.345. The van der Waals surface area contributed by atoms with Crippen molar-refractivity contribution in [2.75, 3.05) is 24.7 Å². The minimum Gasteiger partial charge on any atom is -0.375 e. The van der Waals surface area contributed by atoms with E-state index in [1.165, 1.54) is 44.9 Å². The molecule has 0 aromatic carbocycles. The maximum Gasteiger partial charge on any atom is 0.191 e. The lowest BCUT2D eigenvalue weighted by Gasteiger charge is -2.44. The lowest BCUT2D eigenvalue weighted by molar-refractivity contribution is -0.107. The Morgan fingerprint density at radius 2 is 1.78 bits per heavy atom. The molecule has 2 heterocycles. The fourth-order valence-electron chi connectivity index (χ4n) is 4.68. The highest BCUT2D eigenvalue weighted by atomic mass is 127. The van der Waals surface area contributed by atoms with E-state index in [0.29, 0.717) is 30.1 Å². The van der Waals surface area contributed by atoms with E-state index < -0.39 is 9.84 Å². The Labute approximate surface area is 180 Å². The molecule has 0 bridgehead atoms. The van der Waals surface area contributed by atoms with Crippen LogP contribution < -0.4 is 10.6 Å². The largest absolute Gasteiger partial charge is 0.375 e. The number of nitrogens with zero attached hydrogens (tertiary/aromatic N) is 1. The van der Waals surface area contributed by atoms with Gasteiger partial charge in [0.05, 0.1) is 17.1 Å². The molecule has 2 saturated heterocycles. The van der Waals surface area contributed by atoms with Crippen LogP contribution in [0.5, 0.6) is 0 Å². The van der Waals surface area contributed by atoms with Crippen molar-refractivity contribution >= 4 is 39.8 Å². The second kappa shape index (κ2) is 9.15. The van der Waals surface area contributed by atoms with Gasteiger partial charge in [0.1, 0.15) is 0 Å². The number of guanidine groups is 1. The van der Waals surface area contributed by atoms with Gasteiger partial charge in [-0.15, -0.1) is 24.0 Å². The molecule has 4 rings (SSSR count). The molecule has 4 fully saturated rings. The van der Waals surface area contributed by atoms with E-state index in [4.69, 9.17) is 9.73 Å². The molecule has 6 nitrogen and oxygen atoms in total. The SMILES string of the molecule is I.O=S1(=O)CCC(CN=C(NC2CC2)NC2CCOC3(CCCCC3)C2)C1. The molecule has 2 saturated carbocycles. The predicted octanol–water partition coefficient (Wildman–Crippen LogP) is 2.62. The van der Waals surface area contributed by atoms with Gasteiger partial charge in [-0.1, -0.05) is 19.3 Å². The van der Waals surface area contributed by atoms with Crippen LogP contribution in [0.1, 0.15) is 64.2 Å². The van der Waals surface area contributed by atoms with Crippen molar-refractivity contribution in [3.63, 3.8) is 0 Å². The average molecular weight is 511 g/mol. The number of hydrogen-bond acceptors (Lipinski definition) is 4. The Morgan fingerprint density at radius 3 is 2.44 bits per heavy atom. The molecule has 156 valence electrons. The molecule has 2 N–H and O–H groups in total. The van der Waals surface area contributed by atoms with Crippen LogP contribution in [0.25, 0.3) is 0 Å². The normalized spacial score (nSPS) is 32.7. The summed E-state index contributed by atoms with van der Waals surface area (Å²) < 4.78 is 29.5. The van der Waals surface area contributed by atoms with Gasteiger partial charge in [-0.2, -0.15) is 0 Å². The lowest BCUT2D eigenvalue weighted by atomic mass is 9.78. The molecular formula is C19H34IN3O3S. The molecular weight excluding hydrogens is 477 g/mol. The summed E-state index contributed by atoms with van der Waals surface area (Å²) in [6.45, 7) is 1.44. The molecule has 4 aliphatic rings.